The summed E-state index contributed by atoms with van der Waals surface area (Å²) in [6.45, 7) is 8.74. The molecule has 1 aromatic rings. The van der Waals surface area contributed by atoms with Crippen molar-refractivity contribution in [1.82, 2.24) is 9.88 Å². The average molecular weight is 292 g/mol. The van der Waals surface area contributed by atoms with Crippen molar-refractivity contribution in [2.45, 2.75) is 57.7 Å². The third-order valence-corrected chi connectivity index (χ3v) is 4.54. The highest BCUT2D eigenvalue weighted by Crippen LogP contribution is 2.38. The molecule has 0 bridgehead atoms. The van der Waals surface area contributed by atoms with Crippen molar-refractivity contribution in [1.29, 1.82) is 0 Å². The maximum Gasteiger partial charge on any atom is 0.358 e. The highest BCUT2D eigenvalue weighted by atomic mass is 16.5. The van der Waals surface area contributed by atoms with Gasteiger partial charge in [0.15, 0.2) is 11.4 Å². The number of ether oxygens (including phenoxy) is 1. The van der Waals surface area contributed by atoms with E-state index in [0.29, 0.717) is 5.75 Å². The Morgan fingerprint density at radius 3 is 2.43 bits per heavy atom. The topological polar surface area (TPSA) is 62.7 Å². The summed E-state index contributed by atoms with van der Waals surface area (Å²) in [6.07, 6.45) is 3.15. The van der Waals surface area contributed by atoms with E-state index in [4.69, 9.17) is 4.74 Å². The van der Waals surface area contributed by atoms with Crippen molar-refractivity contribution >= 4 is 5.97 Å². The number of rotatable bonds is 3. The molecule has 21 heavy (non-hydrogen) atoms. The Balaban J connectivity index is 2.23. The zero-order chi connectivity index (χ0) is 15.8. The first-order chi connectivity index (χ1) is 9.63. The van der Waals surface area contributed by atoms with E-state index >= 15 is 0 Å². The third kappa shape index (κ3) is 3.18. The monoisotopic (exact) mass is 292 g/mol. The minimum absolute atomic E-state index is 0.00197. The molecule has 0 amide bonds. The van der Waals surface area contributed by atoms with Gasteiger partial charge in [0.2, 0.25) is 0 Å². The van der Waals surface area contributed by atoms with Crippen molar-refractivity contribution in [3.8, 4) is 5.75 Å². The summed E-state index contributed by atoms with van der Waals surface area (Å²) in [4.78, 5) is 17.5. The smallest absolute Gasteiger partial charge is 0.358 e. The molecule has 1 aromatic heterocycles. The molecular formula is C16H24N2O3. The van der Waals surface area contributed by atoms with Crippen molar-refractivity contribution in [2.75, 3.05) is 7.05 Å². The molecule has 1 saturated heterocycles. The van der Waals surface area contributed by atoms with Gasteiger partial charge in [-0.1, -0.05) is 0 Å². The van der Waals surface area contributed by atoms with E-state index in [-0.39, 0.29) is 22.9 Å². The first-order valence-corrected chi connectivity index (χ1v) is 7.22. The number of nitrogens with zero attached hydrogens (tertiary/aromatic N) is 2. The number of likely N-dealkylation sites (tertiary alicyclic amines) is 1. The van der Waals surface area contributed by atoms with Gasteiger partial charge in [-0.2, -0.15) is 0 Å². The van der Waals surface area contributed by atoms with Crippen LogP contribution in [0.2, 0.25) is 0 Å². The van der Waals surface area contributed by atoms with Crippen LogP contribution in [0, 0.1) is 0 Å². The predicted octanol–water partition coefficient (Wildman–Crippen LogP) is 2.81. The third-order valence-electron chi connectivity index (χ3n) is 4.54. The van der Waals surface area contributed by atoms with Crippen LogP contribution < -0.4 is 4.74 Å². The number of pyridine rings is 1. The molecule has 2 heterocycles. The van der Waals surface area contributed by atoms with Gasteiger partial charge in [-0.15, -0.1) is 0 Å². The molecule has 5 heteroatoms. The first kappa shape index (κ1) is 15.8. The standard InChI is InChI=1S/C16H24N2O3/c1-15(2)9-11(10-16(3,4)18(15)5)21-12-7-6-8-17-13(12)14(19)20/h6-8,11H,9-10H2,1-5H3,(H,19,20). The number of carboxylic acids is 1. The van der Waals surface area contributed by atoms with Gasteiger partial charge < -0.3 is 9.84 Å². The second-order valence-corrected chi connectivity index (χ2v) is 6.99. The highest BCUT2D eigenvalue weighted by molar-refractivity contribution is 5.88. The average Bonchev–Trinajstić information content (AvgIpc) is 2.35. The Bertz CT molecular complexity index is 522. The molecule has 1 aliphatic heterocycles. The van der Waals surface area contributed by atoms with Crippen molar-refractivity contribution in [2.24, 2.45) is 0 Å². The van der Waals surface area contributed by atoms with Gasteiger partial charge in [0.25, 0.3) is 0 Å². The molecular weight excluding hydrogens is 268 g/mol. The van der Waals surface area contributed by atoms with Crippen molar-refractivity contribution < 1.29 is 14.6 Å². The molecule has 1 aliphatic rings. The Morgan fingerprint density at radius 1 is 1.33 bits per heavy atom. The zero-order valence-electron chi connectivity index (χ0n) is 13.4. The molecule has 5 nitrogen and oxygen atoms in total. The van der Waals surface area contributed by atoms with E-state index in [1.54, 1.807) is 12.1 Å². The zero-order valence-corrected chi connectivity index (χ0v) is 13.4. The molecule has 0 saturated carbocycles. The molecule has 0 atom stereocenters. The lowest BCUT2D eigenvalue weighted by Gasteiger charge is -2.53. The normalized spacial score (nSPS) is 22.0. The van der Waals surface area contributed by atoms with Gasteiger partial charge in [-0.25, -0.2) is 9.78 Å². The molecule has 0 radical (unpaired) electrons. The van der Waals surface area contributed by atoms with E-state index in [9.17, 15) is 9.90 Å². The van der Waals surface area contributed by atoms with Gasteiger partial charge >= 0.3 is 5.97 Å². The maximum atomic E-state index is 11.2. The molecule has 2 rings (SSSR count). The second kappa shape index (κ2) is 5.30. The fourth-order valence-electron chi connectivity index (χ4n) is 3.19. The van der Waals surface area contributed by atoms with Crippen LogP contribution in [-0.4, -0.2) is 45.2 Å². The fraction of sp³-hybridized carbons (Fsp3) is 0.625. The van der Waals surface area contributed by atoms with Crippen LogP contribution in [0.25, 0.3) is 0 Å². The molecule has 116 valence electrons. The largest absolute Gasteiger partial charge is 0.488 e. The fourth-order valence-corrected chi connectivity index (χ4v) is 3.19. The molecule has 1 N–H and O–H groups in total. The Hall–Kier alpha value is -1.62. The number of aromatic carboxylic acids is 1. The van der Waals surface area contributed by atoms with E-state index in [2.05, 4.69) is 44.6 Å². The Morgan fingerprint density at radius 2 is 1.90 bits per heavy atom. The lowest BCUT2D eigenvalue weighted by atomic mass is 9.78. The van der Waals surface area contributed by atoms with E-state index in [0.717, 1.165) is 12.8 Å². The van der Waals surface area contributed by atoms with E-state index in [1.165, 1.54) is 6.20 Å². The number of aromatic nitrogens is 1. The summed E-state index contributed by atoms with van der Waals surface area (Å²) in [5.41, 5.74) is -0.0252. The van der Waals surface area contributed by atoms with Crippen LogP contribution in [0.15, 0.2) is 18.3 Å². The lowest BCUT2D eigenvalue weighted by Crippen LogP contribution is -2.60. The summed E-state index contributed by atoms with van der Waals surface area (Å²) in [5.74, 6) is -0.705. The van der Waals surface area contributed by atoms with Crippen LogP contribution in [0.5, 0.6) is 5.75 Å². The van der Waals surface area contributed by atoms with E-state index < -0.39 is 5.97 Å². The van der Waals surface area contributed by atoms with Crippen LogP contribution >= 0.6 is 0 Å². The van der Waals surface area contributed by atoms with Crippen LogP contribution in [0.4, 0.5) is 0 Å². The summed E-state index contributed by atoms with van der Waals surface area (Å²) >= 11 is 0. The van der Waals surface area contributed by atoms with Gasteiger partial charge in [0, 0.05) is 30.1 Å². The molecule has 0 aromatic carbocycles. The first-order valence-electron chi connectivity index (χ1n) is 7.22. The second-order valence-electron chi connectivity index (χ2n) is 6.99. The number of hydrogen-bond donors (Lipinski definition) is 1. The molecule has 1 fully saturated rings. The molecule has 0 spiro atoms. The van der Waals surface area contributed by atoms with Gasteiger partial charge in [0.1, 0.15) is 6.10 Å². The van der Waals surface area contributed by atoms with Crippen LogP contribution in [0.1, 0.15) is 51.0 Å². The maximum absolute atomic E-state index is 11.2. The van der Waals surface area contributed by atoms with Gasteiger partial charge in [-0.05, 0) is 46.9 Å². The lowest BCUT2D eigenvalue weighted by molar-refractivity contribution is -0.0559. The Labute approximate surface area is 125 Å². The minimum atomic E-state index is -1.06. The summed E-state index contributed by atoms with van der Waals surface area (Å²) in [6, 6.07) is 3.38. The quantitative estimate of drug-likeness (QED) is 0.928. The van der Waals surface area contributed by atoms with Crippen molar-refractivity contribution in [3.63, 3.8) is 0 Å². The van der Waals surface area contributed by atoms with Crippen LogP contribution in [0.3, 0.4) is 0 Å². The summed E-state index contributed by atoms with van der Waals surface area (Å²) < 4.78 is 6.00. The number of carboxylic acid groups (broad SMARTS) is 1. The van der Waals surface area contributed by atoms with E-state index in [1.807, 2.05) is 0 Å². The Kier molecular flexibility index (Phi) is 3.97. The number of hydrogen-bond acceptors (Lipinski definition) is 4. The summed E-state index contributed by atoms with van der Waals surface area (Å²) in [7, 11) is 2.13. The van der Waals surface area contributed by atoms with Crippen LogP contribution in [-0.2, 0) is 0 Å². The highest BCUT2D eigenvalue weighted by Gasteiger charge is 2.44. The SMILES string of the molecule is CN1C(C)(C)CC(Oc2cccnc2C(=O)O)CC1(C)C. The van der Waals surface area contributed by atoms with Gasteiger partial charge in [0.05, 0.1) is 0 Å². The van der Waals surface area contributed by atoms with Crippen molar-refractivity contribution in [3.05, 3.63) is 24.0 Å². The predicted molar refractivity (Wildman–Crippen MR) is 80.8 cm³/mol. The minimum Gasteiger partial charge on any atom is -0.488 e. The molecule has 0 aliphatic carbocycles. The molecule has 0 unspecified atom stereocenters. The number of piperidine rings is 1. The number of carbonyl (C=O) groups is 1. The van der Waals surface area contributed by atoms with Gasteiger partial charge in [-0.3, -0.25) is 4.90 Å². The summed E-state index contributed by atoms with van der Waals surface area (Å²) in [5, 5.41) is 9.19.